The van der Waals surface area contributed by atoms with Gasteiger partial charge in [-0.1, -0.05) is 19.1 Å². The van der Waals surface area contributed by atoms with Crippen molar-refractivity contribution in [3.63, 3.8) is 0 Å². The first-order chi connectivity index (χ1) is 12.3. The molecule has 7 atom stereocenters. The topological polar surface area (TPSA) is 49.8 Å². The van der Waals surface area contributed by atoms with Crippen LogP contribution in [0.15, 0.2) is 12.2 Å². The van der Waals surface area contributed by atoms with Crippen LogP contribution in [0.2, 0.25) is 0 Å². The Bertz CT molecular complexity index is 534. The summed E-state index contributed by atoms with van der Waals surface area (Å²) in [5, 5.41) is 10.3. The van der Waals surface area contributed by atoms with Gasteiger partial charge in [0, 0.05) is 12.3 Å². The van der Waals surface area contributed by atoms with E-state index in [9.17, 15) is 9.90 Å². The number of aliphatic hydroxyl groups is 1. The molecule has 26 heavy (non-hydrogen) atoms. The minimum absolute atomic E-state index is 0.160. The molecule has 4 rings (SSSR count). The van der Waals surface area contributed by atoms with Crippen molar-refractivity contribution in [2.75, 3.05) is 0 Å². The van der Waals surface area contributed by atoms with Crippen molar-refractivity contribution in [3.05, 3.63) is 12.2 Å². The smallest absolute Gasteiger partial charge is 0.136 e. The molecule has 4 fully saturated rings. The summed E-state index contributed by atoms with van der Waals surface area (Å²) < 4.78 is 5.78. The Morgan fingerprint density at radius 1 is 1.15 bits per heavy atom. The lowest BCUT2D eigenvalue weighted by molar-refractivity contribution is -0.124. The number of epoxide rings is 1. The van der Waals surface area contributed by atoms with Crippen molar-refractivity contribution < 1.29 is 14.6 Å². The van der Waals surface area contributed by atoms with Gasteiger partial charge in [0.1, 0.15) is 5.78 Å². The summed E-state index contributed by atoms with van der Waals surface area (Å²) in [4.78, 5) is 12.5. The zero-order valence-electron chi connectivity index (χ0n) is 16.6. The number of ether oxygens (including phenoxy) is 1. The number of rotatable bonds is 8. The number of allylic oxidation sites excluding steroid dienone is 1. The molecule has 1 aliphatic heterocycles. The van der Waals surface area contributed by atoms with Gasteiger partial charge < -0.3 is 9.84 Å². The molecule has 0 aromatic rings. The normalized spacial score (nSPS) is 44.6. The first kappa shape index (κ1) is 18.7. The van der Waals surface area contributed by atoms with Crippen LogP contribution in [0.4, 0.5) is 0 Å². The molecule has 3 heteroatoms. The Kier molecular flexibility index (Phi) is 4.84. The fourth-order valence-corrected chi connectivity index (χ4v) is 5.67. The third-order valence-corrected chi connectivity index (χ3v) is 8.25. The highest BCUT2D eigenvalue weighted by Crippen LogP contribution is 2.62. The Morgan fingerprint density at radius 3 is 2.62 bits per heavy atom. The number of hydrogen-bond acceptors (Lipinski definition) is 3. The molecule has 3 aliphatic carbocycles. The van der Waals surface area contributed by atoms with Gasteiger partial charge in [-0.2, -0.15) is 0 Å². The first-order valence-corrected chi connectivity index (χ1v) is 10.9. The summed E-state index contributed by atoms with van der Waals surface area (Å²) in [5.74, 6) is 2.02. The molecule has 0 aromatic heterocycles. The van der Waals surface area contributed by atoms with Crippen LogP contribution in [-0.4, -0.2) is 28.7 Å². The lowest BCUT2D eigenvalue weighted by atomic mass is 9.78. The van der Waals surface area contributed by atoms with Crippen molar-refractivity contribution in [2.45, 2.75) is 102 Å². The molecule has 0 amide bonds. The number of carbonyl (C=O) groups excluding carboxylic acids is 1. The molecule has 0 bridgehead atoms. The highest BCUT2D eigenvalue weighted by Gasteiger charge is 2.55. The van der Waals surface area contributed by atoms with Crippen molar-refractivity contribution in [2.24, 2.45) is 23.2 Å². The van der Waals surface area contributed by atoms with E-state index in [1.54, 1.807) is 0 Å². The summed E-state index contributed by atoms with van der Waals surface area (Å²) in [7, 11) is 0. The van der Waals surface area contributed by atoms with Gasteiger partial charge >= 0.3 is 0 Å². The van der Waals surface area contributed by atoms with Crippen LogP contribution in [0.25, 0.3) is 0 Å². The van der Waals surface area contributed by atoms with Gasteiger partial charge in [0.05, 0.1) is 17.8 Å². The predicted octanol–water partition coefficient (Wildman–Crippen LogP) is 4.82. The number of hydrogen-bond donors (Lipinski definition) is 1. The minimum atomic E-state index is -0.364. The van der Waals surface area contributed by atoms with Crippen LogP contribution in [0.5, 0.6) is 0 Å². The Labute approximate surface area is 158 Å². The fraction of sp³-hybridized carbons (Fsp3) is 0.870. The molecule has 146 valence electrons. The third-order valence-electron chi connectivity index (χ3n) is 8.25. The van der Waals surface area contributed by atoms with E-state index in [4.69, 9.17) is 4.74 Å². The number of aliphatic hydroxyl groups excluding tert-OH is 1. The maximum absolute atomic E-state index is 12.5. The number of Topliss-reactive ketones (excluding diaryl/α,β-unsaturated/α-hetero) is 1. The van der Waals surface area contributed by atoms with E-state index >= 15 is 0 Å². The Morgan fingerprint density at radius 2 is 1.88 bits per heavy atom. The van der Waals surface area contributed by atoms with E-state index in [1.807, 2.05) is 0 Å². The second kappa shape index (κ2) is 6.74. The van der Waals surface area contributed by atoms with E-state index < -0.39 is 0 Å². The zero-order valence-corrected chi connectivity index (χ0v) is 16.6. The average molecular weight is 361 g/mol. The molecule has 3 saturated carbocycles. The molecule has 0 aromatic carbocycles. The minimum Gasteiger partial charge on any atom is -0.393 e. The van der Waals surface area contributed by atoms with E-state index in [1.165, 1.54) is 24.8 Å². The summed E-state index contributed by atoms with van der Waals surface area (Å²) in [5.41, 5.74) is 2.00. The van der Waals surface area contributed by atoms with Gasteiger partial charge in [-0.15, -0.1) is 0 Å². The molecule has 1 saturated heterocycles. The van der Waals surface area contributed by atoms with Gasteiger partial charge in [0.2, 0.25) is 0 Å². The lowest BCUT2D eigenvalue weighted by Crippen LogP contribution is -2.23. The summed E-state index contributed by atoms with van der Waals surface area (Å²) in [6, 6.07) is 0. The molecular weight excluding hydrogens is 324 g/mol. The second-order valence-electron chi connectivity index (χ2n) is 10.3. The van der Waals surface area contributed by atoms with Gasteiger partial charge in [-0.3, -0.25) is 4.79 Å². The van der Waals surface area contributed by atoms with Crippen molar-refractivity contribution in [1.82, 2.24) is 0 Å². The first-order valence-electron chi connectivity index (χ1n) is 10.9. The van der Waals surface area contributed by atoms with Gasteiger partial charge in [0.25, 0.3) is 0 Å². The molecule has 0 spiro atoms. The molecule has 0 radical (unpaired) electrons. The van der Waals surface area contributed by atoms with Crippen LogP contribution in [0, 0.1) is 23.2 Å². The maximum atomic E-state index is 12.5. The number of fused-ring (bicyclic) bond motifs is 2. The quantitative estimate of drug-likeness (QED) is 0.499. The summed E-state index contributed by atoms with van der Waals surface area (Å²) >= 11 is 0. The van der Waals surface area contributed by atoms with Gasteiger partial charge in [-0.05, 0) is 88.4 Å². The standard InChI is InChI=1S/C23H36O3/c1-15(16-9-11-23(3)21(13-16)26-23)4-5-19(24)6-7-20(25)17-8-10-22(2)14-18(22)12-17/h16-19,21,24H,1,4-14H2,2-3H3. The van der Waals surface area contributed by atoms with Crippen molar-refractivity contribution >= 4 is 5.78 Å². The number of carbonyl (C=O) groups is 1. The molecular formula is C23H36O3. The molecule has 7 unspecified atom stereocenters. The summed E-state index contributed by atoms with van der Waals surface area (Å²) in [6.07, 6.45) is 11.0. The van der Waals surface area contributed by atoms with Crippen LogP contribution in [0.1, 0.15) is 84.5 Å². The van der Waals surface area contributed by atoms with Gasteiger partial charge in [-0.25, -0.2) is 0 Å². The van der Waals surface area contributed by atoms with E-state index in [0.717, 1.165) is 44.4 Å². The van der Waals surface area contributed by atoms with E-state index in [-0.39, 0.29) is 17.6 Å². The fourth-order valence-electron chi connectivity index (χ4n) is 5.67. The second-order valence-corrected chi connectivity index (χ2v) is 10.3. The van der Waals surface area contributed by atoms with E-state index in [0.29, 0.717) is 36.1 Å². The zero-order chi connectivity index (χ0) is 18.5. The average Bonchev–Trinajstić information content (AvgIpc) is 3.48. The molecule has 4 aliphatic rings. The van der Waals surface area contributed by atoms with Crippen LogP contribution in [0.3, 0.4) is 0 Å². The molecule has 3 nitrogen and oxygen atoms in total. The SMILES string of the molecule is C=C(CCC(O)CCC(=O)C1CCC2(C)CC2C1)C1CCC2(C)OC2C1. The lowest BCUT2D eigenvalue weighted by Gasteiger charge is -2.26. The monoisotopic (exact) mass is 360 g/mol. The third kappa shape index (κ3) is 3.80. The Hall–Kier alpha value is -0.670. The van der Waals surface area contributed by atoms with Gasteiger partial charge in [0.15, 0.2) is 0 Å². The molecule has 1 heterocycles. The van der Waals surface area contributed by atoms with Crippen molar-refractivity contribution in [3.8, 4) is 0 Å². The van der Waals surface area contributed by atoms with Crippen LogP contribution < -0.4 is 0 Å². The molecule has 1 N–H and O–H groups in total. The predicted molar refractivity (Wildman–Crippen MR) is 103 cm³/mol. The highest BCUT2D eigenvalue weighted by atomic mass is 16.6. The van der Waals surface area contributed by atoms with E-state index in [2.05, 4.69) is 20.4 Å². The van der Waals surface area contributed by atoms with Crippen LogP contribution in [-0.2, 0) is 9.53 Å². The van der Waals surface area contributed by atoms with Crippen LogP contribution >= 0.6 is 0 Å². The highest BCUT2D eigenvalue weighted by molar-refractivity contribution is 5.81. The maximum Gasteiger partial charge on any atom is 0.136 e. The van der Waals surface area contributed by atoms with Crippen molar-refractivity contribution in [1.29, 1.82) is 0 Å². The summed E-state index contributed by atoms with van der Waals surface area (Å²) in [6.45, 7) is 8.87. The number of ketones is 1. The Balaban J connectivity index is 1.12. The largest absolute Gasteiger partial charge is 0.393 e.